The summed E-state index contributed by atoms with van der Waals surface area (Å²) in [6.45, 7) is 1.74. The molecule has 0 radical (unpaired) electrons. The van der Waals surface area contributed by atoms with Gasteiger partial charge in [0.1, 0.15) is 11.6 Å². The molecule has 4 nitrogen and oxygen atoms in total. The minimum atomic E-state index is -4.57. The van der Waals surface area contributed by atoms with Gasteiger partial charge in [-0.1, -0.05) is 29.8 Å². The third kappa shape index (κ3) is 4.77. The van der Waals surface area contributed by atoms with E-state index in [9.17, 15) is 18.0 Å². The Balaban J connectivity index is 2.22. The highest BCUT2D eigenvalue weighted by atomic mass is 35.5. The van der Waals surface area contributed by atoms with E-state index < -0.39 is 17.6 Å². The van der Waals surface area contributed by atoms with Gasteiger partial charge in [-0.05, 0) is 36.8 Å². The molecule has 134 valence electrons. The molecule has 0 aliphatic heterocycles. The Kier molecular flexibility index (Phi) is 5.90. The fraction of sp³-hybridized carbons (Fsp3) is 0.111. The highest BCUT2D eigenvalue weighted by Gasteiger charge is 2.33. The number of amides is 1. The van der Waals surface area contributed by atoms with E-state index >= 15 is 0 Å². The SMILES string of the molecule is Cc1ccc(Cl)cc1NC(=O)/C(C#N)=C\Nc1ccccc1C(F)(F)F. The molecule has 2 N–H and O–H groups in total. The van der Waals surface area contributed by atoms with E-state index in [4.69, 9.17) is 16.9 Å². The minimum Gasteiger partial charge on any atom is -0.360 e. The summed E-state index contributed by atoms with van der Waals surface area (Å²) in [5.41, 5.74) is -0.435. The number of hydrogen-bond donors (Lipinski definition) is 2. The first-order chi connectivity index (χ1) is 12.2. The predicted molar refractivity (Wildman–Crippen MR) is 93.6 cm³/mol. The van der Waals surface area contributed by atoms with E-state index in [1.807, 2.05) is 0 Å². The van der Waals surface area contributed by atoms with Crippen LogP contribution < -0.4 is 10.6 Å². The summed E-state index contributed by atoms with van der Waals surface area (Å²) in [6, 6.07) is 11.3. The Morgan fingerprint density at radius 1 is 1.19 bits per heavy atom. The van der Waals surface area contributed by atoms with E-state index in [-0.39, 0.29) is 11.3 Å². The first-order valence-corrected chi connectivity index (χ1v) is 7.70. The minimum absolute atomic E-state index is 0.264. The molecule has 0 aromatic heterocycles. The molecular weight excluding hydrogens is 367 g/mol. The Hall–Kier alpha value is -2.98. The van der Waals surface area contributed by atoms with Gasteiger partial charge in [0.2, 0.25) is 0 Å². The number of anilines is 2. The summed E-state index contributed by atoms with van der Waals surface area (Å²) in [7, 11) is 0. The van der Waals surface area contributed by atoms with Crippen LogP contribution in [0.3, 0.4) is 0 Å². The summed E-state index contributed by atoms with van der Waals surface area (Å²) in [4.78, 5) is 12.2. The van der Waals surface area contributed by atoms with Gasteiger partial charge in [0.05, 0.1) is 11.3 Å². The maximum atomic E-state index is 13.0. The Morgan fingerprint density at radius 3 is 2.54 bits per heavy atom. The van der Waals surface area contributed by atoms with Gasteiger partial charge in [0, 0.05) is 16.9 Å². The van der Waals surface area contributed by atoms with E-state index in [2.05, 4.69) is 10.6 Å². The van der Waals surface area contributed by atoms with Crippen LogP contribution in [0.5, 0.6) is 0 Å². The Morgan fingerprint density at radius 2 is 1.88 bits per heavy atom. The van der Waals surface area contributed by atoms with Gasteiger partial charge in [0.25, 0.3) is 5.91 Å². The fourth-order valence-corrected chi connectivity index (χ4v) is 2.25. The van der Waals surface area contributed by atoms with Crippen molar-refractivity contribution in [3.63, 3.8) is 0 Å². The lowest BCUT2D eigenvalue weighted by molar-refractivity contribution is -0.136. The summed E-state index contributed by atoms with van der Waals surface area (Å²) in [5, 5.41) is 14.4. The van der Waals surface area contributed by atoms with E-state index in [0.717, 1.165) is 17.8 Å². The highest BCUT2D eigenvalue weighted by molar-refractivity contribution is 6.31. The number of alkyl halides is 3. The number of nitrogens with one attached hydrogen (secondary N) is 2. The molecule has 2 rings (SSSR count). The van der Waals surface area contributed by atoms with Crippen LogP contribution in [0.15, 0.2) is 54.2 Å². The number of rotatable bonds is 4. The Labute approximate surface area is 152 Å². The van der Waals surface area contributed by atoms with Crippen LogP contribution in [0.4, 0.5) is 24.5 Å². The summed E-state index contributed by atoms with van der Waals surface area (Å²) in [6.07, 6.45) is -3.63. The van der Waals surface area contributed by atoms with Crippen molar-refractivity contribution >= 4 is 28.9 Å². The highest BCUT2D eigenvalue weighted by Crippen LogP contribution is 2.34. The number of halogens is 4. The molecule has 0 unspecified atom stereocenters. The molecule has 8 heteroatoms. The van der Waals surface area contributed by atoms with Gasteiger partial charge < -0.3 is 10.6 Å². The number of para-hydroxylation sites is 1. The molecule has 0 fully saturated rings. The molecule has 0 saturated heterocycles. The number of nitrogens with zero attached hydrogens (tertiary/aromatic N) is 1. The first kappa shape index (κ1) is 19.3. The molecule has 2 aromatic carbocycles. The number of hydrogen-bond acceptors (Lipinski definition) is 3. The normalized spacial score (nSPS) is 11.6. The molecule has 0 heterocycles. The lowest BCUT2D eigenvalue weighted by Gasteiger charge is -2.12. The van der Waals surface area contributed by atoms with Gasteiger partial charge >= 0.3 is 6.18 Å². The van der Waals surface area contributed by atoms with Crippen molar-refractivity contribution in [1.82, 2.24) is 0 Å². The number of benzene rings is 2. The lowest BCUT2D eigenvalue weighted by Crippen LogP contribution is -2.16. The summed E-state index contributed by atoms with van der Waals surface area (Å²) >= 11 is 5.87. The third-order valence-corrected chi connectivity index (χ3v) is 3.65. The zero-order valence-electron chi connectivity index (χ0n) is 13.5. The van der Waals surface area contributed by atoms with Crippen LogP contribution in [-0.2, 0) is 11.0 Å². The van der Waals surface area contributed by atoms with Crippen molar-refractivity contribution < 1.29 is 18.0 Å². The topological polar surface area (TPSA) is 64.9 Å². The van der Waals surface area contributed by atoms with E-state index in [1.165, 1.54) is 24.3 Å². The number of nitriles is 1. The van der Waals surface area contributed by atoms with Crippen LogP contribution in [-0.4, -0.2) is 5.91 Å². The van der Waals surface area contributed by atoms with Gasteiger partial charge in [-0.15, -0.1) is 0 Å². The molecule has 2 aromatic rings. The van der Waals surface area contributed by atoms with Gasteiger partial charge in [-0.3, -0.25) is 4.79 Å². The van der Waals surface area contributed by atoms with Gasteiger partial charge in [0.15, 0.2) is 0 Å². The number of aryl methyl sites for hydroxylation is 1. The monoisotopic (exact) mass is 379 g/mol. The lowest BCUT2D eigenvalue weighted by atomic mass is 10.1. The zero-order valence-corrected chi connectivity index (χ0v) is 14.2. The second-order valence-electron chi connectivity index (χ2n) is 5.27. The molecule has 0 aliphatic carbocycles. The molecule has 1 amide bonds. The van der Waals surface area contributed by atoms with Crippen LogP contribution in [0.1, 0.15) is 11.1 Å². The van der Waals surface area contributed by atoms with Crippen LogP contribution in [0.25, 0.3) is 0 Å². The van der Waals surface area contributed by atoms with Crippen molar-refractivity contribution in [3.8, 4) is 6.07 Å². The van der Waals surface area contributed by atoms with Crippen molar-refractivity contribution in [2.75, 3.05) is 10.6 Å². The largest absolute Gasteiger partial charge is 0.418 e. The predicted octanol–water partition coefficient (Wildman–Crippen LogP) is 5.13. The Bertz CT molecular complexity index is 901. The molecule has 26 heavy (non-hydrogen) atoms. The van der Waals surface area contributed by atoms with Crippen LogP contribution in [0, 0.1) is 18.3 Å². The van der Waals surface area contributed by atoms with Gasteiger partial charge in [-0.25, -0.2) is 0 Å². The van der Waals surface area contributed by atoms with Crippen molar-refractivity contribution in [1.29, 1.82) is 5.26 Å². The summed E-state index contributed by atoms with van der Waals surface area (Å²) in [5.74, 6) is -0.769. The molecular formula is C18H13ClF3N3O. The molecule has 0 bridgehead atoms. The van der Waals surface area contributed by atoms with Crippen LogP contribution >= 0.6 is 11.6 Å². The average molecular weight is 380 g/mol. The third-order valence-electron chi connectivity index (χ3n) is 3.42. The molecule has 0 atom stereocenters. The molecule has 0 spiro atoms. The maximum absolute atomic E-state index is 13.0. The van der Waals surface area contributed by atoms with Crippen molar-refractivity contribution in [2.45, 2.75) is 13.1 Å². The van der Waals surface area contributed by atoms with Crippen LogP contribution in [0.2, 0.25) is 5.02 Å². The first-order valence-electron chi connectivity index (χ1n) is 7.33. The smallest absolute Gasteiger partial charge is 0.360 e. The summed E-state index contributed by atoms with van der Waals surface area (Å²) < 4.78 is 38.9. The fourth-order valence-electron chi connectivity index (χ4n) is 2.07. The maximum Gasteiger partial charge on any atom is 0.418 e. The average Bonchev–Trinajstić information content (AvgIpc) is 2.58. The zero-order chi connectivity index (χ0) is 19.3. The molecule has 0 aliphatic rings. The van der Waals surface area contributed by atoms with Crippen molar-refractivity contribution in [2.24, 2.45) is 0 Å². The molecule has 0 saturated carbocycles. The number of carbonyl (C=O) groups is 1. The second-order valence-corrected chi connectivity index (χ2v) is 5.71. The standard InChI is InChI=1S/C18H13ClF3N3O/c1-11-6-7-13(19)8-16(11)25-17(26)12(9-23)10-24-15-5-3-2-4-14(15)18(20,21)22/h2-8,10,24H,1H3,(H,25,26)/b12-10-. The van der Waals surface area contributed by atoms with E-state index in [0.29, 0.717) is 10.7 Å². The van der Waals surface area contributed by atoms with Crippen molar-refractivity contribution in [3.05, 3.63) is 70.4 Å². The van der Waals surface area contributed by atoms with E-state index in [1.54, 1.807) is 25.1 Å². The van der Waals surface area contributed by atoms with Gasteiger partial charge in [-0.2, -0.15) is 18.4 Å². The number of carbonyl (C=O) groups excluding carboxylic acids is 1. The second kappa shape index (κ2) is 7.93. The quantitative estimate of drug-likeness (QED) is 0.572.